The Labute approximate surface area is 84.8 Å². The number of benzene rings is 1. The summed E-state index contributed by atoms with van der Waals surface area (Å²) in [6.07, 6.45) is 2.80. The molecule has 0 spiro atoms. The molecule has 76 valence electrons. The molecule has 0 aliphatic rings. The van der Waals surface area contributed by atoms with Gasteiger partial charge in [-0.2, -0.15) is 0 Å². The summed E-state index contributed by atoms with van der Waals surface area (Å²) < 4.78 is 5.45. The molecule has 1 aromatic carbocycles. The molecule has 0 amide bonds. The summed E-state index contributed by atoms with van der Waals surface area (Å²) in [5.41, 5.74) is 0. The Hall–Kier alpha value is -1.44. The van der Waals surface area contributed by atoms with Crippen LogP contribution in [0.3, 0.4) is 0 Å². The number of allylic oxidation sites excluding steroid dienone is 1. The maximum Gasteiger partial charge on any atom is 0.160 e. The molecule has 14 heavy (non-hydrogen) atoms. The minimum absolute atomic E-state index is 0.193. The van der Waals surface area contributed by atoms with E-state index in [-0.39, 0.29) is 5.75 Å². The van der Waals surface area contributed by atoms with Crippen molar-refractivity contribution >= 4 is 0 Å². The van der Waals surface area contributed by atoms with Gasteiger partial charge in [-0.25, -0.2) is 0 Å². The van der Waals surface area contributed by atoms with E-state index >= 15 is 0 Å². The lowest BCUT2D eigenvalue weighted by atomic mass is 10.1. The Morgan fingerprint density at radius 3 is 2.86 bits per heavy atom. The Kier molecular flexibility index (Phi) is 4.05. The molecule has 0 radical (unpaired) electrons. The Morgan fingerprint density at radius 2 is 2.21 bits per heavy atom. The van der Waals surface area contributed by atoms with Gasteiger partial charge in [0.1, 0.15) is 0 Å². The molecule has 0 bridgehead atoms. The van der Waals surface area contributed by atoms with Gasteiger partial charge in [-0.1, -0.05) is 25.1 Å². The van der Waals surface area contributed by atoms with Gasteiger partial charge in [0.2, 0.25) is 0 Å². The molecule has 1 atom stereocenters. The van der Waals surface area contributed by atoms with E-state index < -0.39 is 0 Å². The van der Waals surface area contributed by atoms with Crippen molar-refractivity contribution in [3.8, 4) is 11.5 Å². The predicted molar refractivity (Wildman–Crippen MR) is 57.6 cm³/mol. The number of ether oxygens (including phenoxy) is 1. The van der Waals surface area contributed by atoms with Gasteiger partial charge in [-0.05, 0) is 24.5 Å². The number of rotatable bonds is 5. The van der Waals surface area contributed by atoms with Crippen LogP contribution in [0.25, 0.3) is 0 Å². The highest BCUT2D eigenvalue weighted by Crippen LogP contribution is 2.24. The first-order valence-electron chi connectivity index (χ1n) is 4.75. The van der Waals surface area contributed by atoms with Crippen molar-refractivity contribution in [2.24, 2.45) is 5.92 Å². The van der Waals surface area contributed by atoms with Gasteiger partial charge in [0.15, 0.2) is 11.5 Å². The zero-order chi connectivity index (χ0) is 10.4. The highest BCUT2D eigenvalue weighted by atomic mass is 16.5. The van der Waals surface area contributed by atoms with Gasteiger partial charge in [0, 0.05) is 0 Å². The third kappa shape index (κ3) is 3.13. The molecule has 0 saturated heterocycles. The van der Waals surface area contributed by atoms with Crippen molar-refractivity contribution < 1.29 is 9.84 Å². The first-order valence-corrected chi connectivity index (χ1v) is 4.75. The van der Waals surface area contributed by atoms with E-state index in [0.29, 0.717) is 18.3 Å². The second-order valence-electron chi connectivity index (χ2n) is 3.41. The van der Waals surface area contributed by atoms with Gasteiger partial charge < -0.3 is 9.84 Å². The van der Waals surface area contributed by atoms with Crippen LogP contribution in [-0.2, 0) is 0 Å². The van der Waals surface area contributed by atoms with Crippen LogP contribution in [0.1, 0.15) is 13.3 Å². The summed E-state index contributed by atoms with van der Waals surface area (Å²) >= 11 is 0. The fourth-order valence-electron chi connectivity index (χ4n) is 1.16. The SMILES string of the molecule is C=CCC(C)COc1ccccc1O. The number of hydrogen-bond donors (Lipinski definition) is 1. The molecule has 2 heteroatoms. The van der Waals surface area contributed by atoms with Gasteiger partial charge in [-0.15, -0.1) is 6.58 Å². The third-order valence-corrected chi connectivity index (χ3v) is 1.96. The summed E-state index contributed by atoms with van der Waals surface area (Å²) in [5.74, 6) is 1.16. The van der Waals surface area contributed by atoms with E-state index in [9.17, 15) is 5.11 Å². The largest absolute Gasteiger partial charge is 0.504 e. The fraction of sp³-hybridized carbons (Fsp3) is 0.333. The van der Waals surface area contributed by atoms with Crippen LogP contribution in [-0.4, -0.2) is 11.7 Å². The molecule has 1 unspecified atom stereocenters. The highest BCUT2D eigenvalue weighted by Gasteiger charge is 2.03. The molecule has 0 saturated carbocycles. The quantitative estimate of drug-likeness (QED) is 0.727. The molecule has 2 nitrogen and oxygen atoms in total. The van der Waals surface area contributed by atoms with E-state index in [1.807, 2.05) is 12.1 Å². The van der Waals surface area contributed by atoms with Gasteiger partial charge in [-0.3, -0.25) is 0 Å². The van der Waals surface area contributed by atoms with Gasteiger partial charge >= 0.3 is 0 Å². The molecule has 0 fully saturated rings. The van der Waals surface area contributed by atoms with Crippen LogP contribution in [0.5, 0.6) is 11.5 Å². The van der Waals surface area contributed by atoms with Crippen molar-refractivity contribution in [1.29, 1.82) is 0 Å². The lowest BCUT2D eigenvalue weighted by Gasteiger charge is -2.11. The van der Waals surface area contributed by atoms with Crippen molar-refractivity contribution in [2.75, 3.05) is 6.61 Å². The number of aromatic hydroxyl groups is 1. The maximum atomic E-state index is 9.41. The molecule has 1 rings (SSSR count). The monoisotopic (exact) mass is 192 g/mol. The first-order chi connectivity index (χ1) is 6.74. The molecule has 0 heterocycles. The number of phenolic OH excluding ortho intramolecular Hbond substituents is 1. The van der Waals surface area contributed by atoms with E-state index in [1.165, 1.54) is 0 Å². The Bertz CT molecular complexity index is 294. The zero-order valence-electron chi connectivity index (χ0n) is 8.44. The highest BCUT2D eigenvalue weighted by molar-refractivity contribution is 5.37. The first kappa shape index (κ1) is 10.6. The summed E-state index contributed by atoms with van der Waals surface area (Å²) in [5, 5.41) is 9.41. The van der Waals surface area contributed by atoms with Crippen molar-refractivity contribution in [3.05, 3.63) is 36.9 Å². The standard InChI is InChI=1S/C12H16O2/c1-3-6-10(2)9-14-12-8-5-4-7-11(12)13/h3-5,7-8,10,13H,1,6,9H2,2H3. The number of hydrogen-bond acceptors (Lipinski definition) is 2. The van der Waals surface area contributed by atoms with Crippen molar-refractivity contribution in [2.45, 2.75) is 13.3 Å². The molecule has 1 N–H and O–H groups in total. The van der Waals surface area contributed by atoms with Crippen LogP contribution in [0.2, 0.25) is 0 Å². The molecule has 0 aliphatic heterocycles. The minimum Gasteiger partial charge on any atom is -0.504 e. The van der Waals surface area contributed by atoms with Crippen LogP contribution in [0.15, 0.2) is 36.9 Å². The van der Waals surface area contributed by atoms with Gasteiger partial charge in [0.05, 0.1) is 6.61 Å². The average molecular weight is 192 g/mol. The second-order valence-corrected chi connectivity index (χ2v) is 3.41. The fourth-order valence-corrected chi connectivity index (χ4v) is 1.16. The molecule has 0 aromatic heterocycles. The molecular weight excluding hydrogens is 176 g/mol. The third-order valence-electron chi connectivity index (χ3n) is 1.96. The molecule has 0 aliphatic carbocycles. The topological polar surface area (TPSA) is 29.5 Å². The van der Waals surface area contributed by atoms with E-state index in [0.717, 1.165) is 6.42 Å². The van der Waals surface area contributed by atoms with Gasteiger partial charge in [0.25, 0.3) is 0 Å². The predicted octanol–water partition coefficient (Wildman–Crippen LogP) is 2.98. The molecular formula is C12H16O2. The minimum atomic E-state index is 0.193. The van der Waals surface area contributed by atoms with Crippen molar-refractivity contribution in [1.82, 2.24) is 0 Å². The zero-order valence-corrected chi connectivity index (χ0v) is 8.44. The summed E-state index contributed by atoms with van der Waals surface area (Å²) in [7, 11) is 0. The summed E-state index contributed by atoms with van der Waals surface area (Å²) in [6, 6.07) is 6.99. The Balaban J connectivity index is 2.45. The normalized spacial score (nSPS) is 12.1. The Morgan fingerprint density at radius 1 is 1.50 bits per heavy atom. The summed E-state index contributed by atoms with van der Waals surface area (Å²) in [4.78, 5) is 0. The van der Waals surface area contributed by atoms with E-state index in [4.69, 9.17) is 4.74 Å². The van der Waals surface area contributed by atoms with E-state index in [1.54, 1.807) is 18.2 Å². The van der Waals surface area contributed by atoms with E-state index in [2.05, 4.69) is 13.5 Å². The van der Waals surface area contributed by atoms with Crippen LogP contribution in [0, 0.1) is 5.92 Å². The van der Waals surface area contributed by atoms with Crippen LogP contribution in [0.4, 0.5) is 0 Å². The second kappa shape index (κ2) is 5.32. The maximum absolute atomic E-state index is 9.41. The smallest absolute Gasteiger partial charge is 0.160 e. The summed E-state index contributed by atoms with van der Waals surface area (Å²) in [6.45, 7) is 6.35. The lowest BCUT2D eigenvalue weighted by Crippen LogP contribution is -2.07. The lowest BCUT2D eigenvalue weighted by molar-refractivity contribution is 0.251. The number of para-hydroxylation sites is 2. The molecule has 1 aromatic rings. The van der Waals surface area contributed by atoms with Crippen LogP contribution < -0.4 is 4.74 Å². The number of phenols is 1. The van der Waals surface area contributed by atoms with Crippen LogP contribution >= 0.6 is 0 Å². The average Bonchev–Trinajstić information content (AvgIpc) is 2.17. The van der Waals surface area contributed by atoms with Crippen molar-refractivity contribution in [3.63, 3.8) is 0 Å².